The van der Waals surface area contributed by atoms with Crippen molar-refractivity contribution >= 4 is 37.6 Å². The van der Waals surface area contributed by atoms with Gasteiger partial charge in [0.05, 0.1) is 16.1 Å². The molecule has 1 fully saturated rings. The third-order valence-corrected chi connectivity index (χ3v) is 6.56. The van der Waals surface area contributed by atoms with Crippen molar-refractivity contribution in [3.8, 4) is 0 Å². The molecule has 1 heterocycles. The van der Waals surface area contributed by atoms with Crippen LogP contribution in [0, 0.1) is 5.92 Å². The zero-order valence-electron chi connectivity index (χ0n) is 10.5. The van der Waals surface area contributed by atoms with E-state index < -0.39 is 16.2 Å². The van der Waals surface area contributed by atoms with Crippen LogP contribution in [0.1, 0.15) is 19.8 Å². The van der Waals surface area contributed by atoms with E-state index in [1.807, 2.05) is 6.92 Å². The minimum absolute atomic E-state index is 0.166. The van der Waals surface area contributed by atoms with Crippen LogP contribution >= 0.6 is 27.5 Å². The second-order valence-electron chi connectivity index (χ2n) is 4.80. The van der Waals surface area contributed by atoms with Gasteiger partial charge in [-0.2, -0.15) is 4.31 Å². The van der Waals surface area contributed by atoms with Crippen LogP contribution in [0.3, 0.4) is 0 Å². The van der Waals surface area contributed by atoms with Crippen LogP contribution in [-0.2, 0) is 10.0 Å². The van der Waals surface area contributed by atoms with E-state index in [0.717, 1.165) is 12.8 Å². The predicted molar refractivity (Wildman–Crippen MR) is 79.4 cm³/mol. The number of hydrogen-bond acceptors (Lipinski definition) is 3. The van der Waals surface area contributed by atoms with E-state index in [1.165, 1.54) is 16.4 Å². The second-order valence-corrected chi connectivity index (χ2v) is 7.95. The monoisotopic (exact) mass is 366 g/mol. The maximum absolute atomic E-state index is 12.6. The Balaban J connectivity index is 2.38. The molecule has 0 aromatic heterocycles. The molecule has 0 saturated carbocycles. The third kappa shape index (κ3) is 2.97. The molecular formula is C12H16BrClN2O2S. The van der Waals surface area contributed by atoms with Gasteiger partial charge < -0.3 is 5.73 Å². The highest BCUT2D eigenvalue weighted by molar-refractivity contribution is 9.10. The highest BCUT2D eigenvalue weighted by Crippen LogP contribution is 2.30. The van der Waals surface area contributed by atoms with E-state index in [-0.39, 0.29) is 10.8 Å². The molecule has 2 N–H and O–H groups in total. The first-order valence-corrected chi connectivity index (χ1v) is 8.67. The fourth-order valence-electron chi connectivity index (χ4n) is 2.23. The van der Waals surface area contributed by atoms with E-state index >= 15 is 0 Å². The van der Waals surface area contributed by atoms with Gasteiger partial charge in [-0.05, 0) is 52.9 Å². The Morgan fingerprint density at radius 2 is 2.16 bits per heavy atom. The summed E-state index contributed by atoms with van der Waals surface area (Å²) in [5.41, 5.74) is 6.02. The zero-order chi connectivity index (χ0) is 14.2. The fourth-order valence-corrected chi connectivity index (χ4v) is 4.55. The lowest BCUT2D eigenvalue weighted by Gasteiger charge is -2.36. The van der Waals surface area contributed by atoms with Crippen molar-refractivity contribution < 1.29 is 8.42 Å². The smallest absolute Gasteiger partial charge is 0.244 e. The number of benzene rings is 1. The number of sulfonamides is 1. The molecule has 0 bridgehead atoms. The fraction of sp³-hybridized carbons (Fsp3) is 0.500. The van der Waals surface area contributed by atoms with Gasteiger partial charge in [-0.25, -0.2) is 8.42 Å². The Bertz CT molecular complexity index is 579. The second kappa shape index (κ2) is 5.69. The van der Waals surface area contributed by atoms with E-state index in [0.29, 0.717) is 16.0 Å². The first kappa shape index (κ1) is 15.3. The van der Waals surface area contributed by atoms with Gasteiger partial charge in [0.25, 0.3) is 0 Å². The Hall–Kier alpha value is -0.140. The summed E-state index contributed by atoms with van der Waals surface area (Å²) in [6.07, 6.45) is 1.33. The van der Waals surface area contributed by atoms with Gasteiger partial charge in [0.15, 0.2) is 0 Å². The normalized spacial score (nSPS) is 25.5. The molecule has 19 heavy (non-hydrogen) atoms. The van der Waals surface area contributed by atoms with Crippen LogP contribution < -0.4 is 5.73 Å². The van der Waals surface area contributed by atoms with Gasteiger partial charge >= 0.3 is 0 Å². The molecule has 4 nitrogen and oxygen atoms in total. The van der Waals surface area contributed by atoms with Gasteiger partial charge in [0, 0.05) is 11.0 Å². The molecule has 2 atom stereocenters. The molecule has 2 unspecified atom stereocenters. The molecule has 1 saturated heterocycles. The van der Waals surface area contributed by atoms with Crippen LogP contribution in [0.4, 0.5) is 0 Å². The predicted octanol–water partition coefficient (Wildman–Crippen LogP) is 2.81. The molecule has 106 valence electrons. The first-order chi connectivity index (χ1) is 8.84. The first-order valence-electron chi connectivity index (χ1n) is 6.06. The van der Waals surface area contributed by atoms with Crippen LogP contribution in [0.2, 0.25) is 5.02 Å². The van der Waals surface area contributed by atoms with Crippen LogP contribution in [0.25, 0.3) is 0 Å². The highest BCUT2D eigenvalue weighted by atomic mass is 79.9. The Morgan fingerprint density at radius 3 is 2.79 bits per heavy atom. The van der Waals surface area contributed by atoms with Crippen molar-refractivity contribution in [3.63, 3.8) is 0 Å². The molecule has 0 radical (unpaired) electrons. The third-order valence-electron chi connectivity index (χ3n) is 3.45. The highest BCUT2D eigenvalue weighted by Gasteiger charge is 2.35. The van der Waals surface area contributed by atoms with Crippen molar-refractivity contribution in [2.75, 3.05) is 6.54 Å². The van der Waals surface area contributed by atoms with Crippen molar-refractivity contribution in [2.24, 2.45) is 11.7 Å². The van der Waals surface area contributed by atoms with Crippen molar-refractivity contribution in [2.45, 2.75) is 30.8 Å². The van der Waals surface area contributed by atoms with Crippen molar-refractivity contribution in [1.82, 2.24) is 4.31 Å². The molecule has 1 aromatic carbocycles. The minimum atomic E-state index is -3.56. The van der Waals surface area contributed by atoms with Crippen LogP contribution in [0.5, 0.6) is 0 Å². The minimum Gasteiger partial charge on any atom is -0.315 e. The largest absolute Gasteiger partial charge is 0.315 e. The SMILES string of the molecule is CC1CCCN(S(=O)(=O)c2ccc(Cl)c(Br)c2)C1N. The topological polar surface area (TPSA) is 63.4 Å². The molecule has 0 amide bonds. The molecule has 0 spiro atoms. The Labute approximate surface area is 127 Å². The molecule has 1 aliphatic rings. The molecule has 2 rings (SSSR count). The van der Waals surface area contributed by atoms with E-state index in [2.05, 4.69) is 15.9 Å². The maximum atomic E-state index is 12.6. The van der Waals surface area contributed by atoms with Crippen molar-refractivity contribution in [3.05, 3.63) is 27.7 Å². The molecular weight excluding hydrogens is 352 g/mol. The lowest BCUT2D eigenvalue weighted by molar-refractivity contribution is 0.192. The number of rotatable bonds is 2. The summed E-state index contributed by atoms with van der Waals surface area (Å²) < 4.78 is 27.1. The molecule has 7 heteroatoms. The lowest BCUT2D eigenvalue weighted by atomic mass is 9.99. The van der Waals surface area contributed by atoms with Gasteiger partial charge in [-0.15, -0.1) is 0 Å². The Kier molecular flexibility index (Phi) is 4.57. The summed E-state index contributed by atoms with van der Waals surface area (Å²) >= 11 is 9.13. The summed E-state index contributed by atoms with van der Waals surface area (Å²) in [5, 5.41) is 0.482. The van der Waals surface area contributed by atoms with Gasteiger partial charge in [-0.3, -0.25) is 0 Å². The summed E-state index contributed by atoms with van der Waals surface area (Å²) in [5.74, 6) is 0.166. The standard InChI is InChI=1S/C12H16BrClN2O2S/c1-8-3-2-6-16(12(8)15)19(17,18)9-4-5-11(14)10(13)7-9/h4-5,7-8,12H,2-3,6,15H2,1H3. The lowest BCUT2D eigenvalue weighted by Crippen LogP contribution is -2.52. The van der Waals surface area contributed by atoms with Gasteiger partial charge in [0.1, 0.15) is 0 Å². The summed E-state index contributed by atoms with van der Waals surface area (Å²) in [4.78, 5) is 0.216. The van der Waals surface area contributed by atoms with E-state index in [9.17, 15) is 8.42 Å². The average molecular weight is 368 g/mol. The summed E-state index contributed by atoms with van der Waals surface area (Å²) in [6, 6.07) is 4.59. The van der Waals surface area contributed by atoms with Crippen molar-refractivity contribution in [1.29, 1.82) is 0 Å². The average Bonchev–Trinajstić information content (AvgIpc) is 2.35. The number of halogens is 2. The van der Waals surface area contributed by atoms with E-state index in [4.69, 9.17) is 17.3 Å². The number of nitrogens with zero attached hydrogens (tertiary/aromatic N) is 1. The molecule has 1 aliphatic heterocycles. The van der Waals surface area contributed by atoms with Crippen LogP contribution in [-0.4, -0.2) is 25.4 Å². The van der Waals surface area contributed by atoms with E-state index in [1.54, 1.807) is 6.07 Å². The van der Waals surface area contributed by atoms with Gasteiger partial charge in [-0.1, -0.05) is 18.5 Å². The zero-order valence-corrected chi connectivity index (χ0v) is 13.7. The molecule has 0 aliphatic carbocycles. The van der Waals surface area contributed by atoms with Gasteiger partial charge in [0.2, 0.25) is 10.0 Å². The number of piperidine rings is 1. The van der Waals surface area contributed by atoms with Crippen LogP contribution in [0.15, 0.2) is 27.6 Å². The summed E-state index contributed by atoms with van der Waals surface area (Å²) in [6.45, 7) is 2.44. The quantitative estimate of drug-likeness (QED) is 0.874. The number of nitrogens with two attached hydrogens (primary N) is 1. The summed E-state index contributed by atoms with van der Waals surface area (Å²) in [7, 11) is -3.56. The number of hydrogen-bond donors (Lipinski definition) is 1. The molecule has 1 aromatic rings. The Morgan fingerprint density at radius 1 is 1.47 bits per heavy atom. The maximum Gasteiger partial charge on any atom is 0.244 e.